The number of pyridine rings is 1. The third-order valence-electron chi connectivity index (χ3n) is 5.22. The summed E-state index contributed by atoms with van der Waals surface area (Å²) in [7, 11) is 0. The molecule has 4 rings (SSSR count). The Morgan fingerprint density at radius 1 is 1.28 bits per heavy atom. The van der Waals surface area contributed by atoms with Crippen LogP contribution in [0.25, 0.3) is 16.7 Å². The molecule has 1 atom stereocenters. The van der Waals surface area contributed by atoms with Crippen LogP contribution >= 0.6 is 0 Å². The van der Waals surface area contributed by atoms with Crippen molar-refractivity contribution in [3.63, 3.8) is 0 Å². The number of alkyl halides is 3. The molecule has 2 aromatic heterocycles. The molecule has 12 heteroatoms. The van der Waals surface area contributed by atoms with E-state index in [1.54, 1.807) is 19.2 Å². The van der Waals surface area contributed by atoms with Crippen LogP contribution in [-0.2, 0) is 11.3 Å². The number of aliphatic hydroxyl groups is 1. The fourth-order valence-corrected chi connectivity index (χ4v) is 3.58. The standard InChI is InChI=1S/C20H20F3N5O4/c1-11(29)12-8-27(9-12)16-6-7-25-18-17(16)15(10-31-19(24)30)26-28(18)13-2-4-14(5-3-13)32-20(21,22)23/h2-7,11-12,29H,8-10H2,1H3,(H2,24,30). The summed E-state index contributed by atoms with van der Waals surface area (Å²) >= 11 is 0. The molecule has 170 valence electrons. The number of hydrogen-bond donors (Lipinski definition) is 2. The number of ether oxygens (including phenoxy) is 2. The number of anilines is 1. The summed E-state index contributed by atoms with van der Waals surface area (Å²) in [5.41, 5.74) is 7.14. The second-order valence-electron chi connectivity index (χ2n) is 7.44. The zero-order valence-electron chi connectivity index (χ0n) is 16.9. The molecule has 1 saturated heterocycles. The number of aliphatic hydroxyl groups excluding tert-OH is 1. The number of aromatic nitrogens is 3. The third kappa shape index (κ3) is 4.40. The Hall–Kier alpha value is -3.54. The number of nitrogens with zero attached hydrogens (tertiary/aromatic N) is 4. The number of hydrogen-bond acceptors (Lipinski definition) is 7. The number of rotatable bonds is 6. The first-order chi connectivity index (χ1) is 15.1. The van der Waals surface area contributed by atoms with E-state index in [-0.39, 0.29) is 18.3 Å². The van der Waals surface area contributed by atoms with E-state index in [4.69, 9.17) is 10.5 Å². The summed E-state index contributed by atoms with van der Waals surface area (Å²) in [4.78, 5) is 17.6. The van der Waals surface area contributed by atoms with Crippen molar-refractivity contribution >= 4 is 22.8 Å². The SMILES string of the molecule is CC(O)C1CN(c2ccnc3c2c(COC(N)=O)nn3-c2ccc(OC(F)(F)F)cc2)C1. The Bertz CT molecular complexity index is 1120. The molecule has 0 aliphatic carbocycles. The van der Waals surface area contributed by atoms with Crippen LogP contribution in [0, 0.1) is 5.92 Å². The van der Waals surface area contributed by atoms with E-state index < -0.39 is 18.6 Å². The van der Waals surface area contributed by atoms with Gasteiger partial charge in [0.15, 0.2) is 5.65 Å². The third-order valence-corrected chi connectivity index (χ3v) is 5.22. The summed E-state index contributed by atoms with van der Waals surface area (Å²) in [5, 5.41) is 14.9. The molecule has 1 amide bonds. The first kappa shape index (κ1) is 21.7. The van der Waals surface area contributed by atoms with Gasteiger partial charge in [-0.15, -0.1) is 13.2 Å². The minimum Gasteiger partial charge on any atom is -0.443 e. The molecule has 0 saturated carbocycles. The average molecular weight is 451 g/mol. The normalized spacial score (nSPS) is 15.5. The number of carbonyl (C=O) groups excluding carboxylic acids is 1. The lowest BCUT2D eigenvalue weighted by atomic mass is 9.93. The summed E-state index contributed by atoms with van der Waals surface area (Å²) in [6, 6.07) is 6.95. The zero-order valence-corrected chi connectivity index (χ0v) is 16.9. The molecule has 0 spiro atoms. The summed E-state index contributed by atoms with van der Waals surface area (Å²) in [6.45, 7) is 2.78. The number of carbonyl (C=O) groups is 1. The molecular weight excluding hydrogens is 431 g/mol. The van der Waals surface area contributed by atoms with Crippen molar-refractivity contribution in [2.75, 3.05) is 18.0 Å². The highest BCUT2D eigenvalue weighted by atomic mass is 19.4. The van der Waals surface area contributed by atoms with Gasteiger partial charge in [-0.05, 0) is 37.3 Å². The van der Waals surface area contributed by atoms with Gasteiger partial charge in [0.05, 0.1) is 22.9 Å². The van der Waals surface area contributed by atoms with Crippen LogP contribution < -0.4 is 15.4 Å². The Morgan fingerprint density at radius 2 is 1.97 bits per heavy atom. The van der Waals surface area contributed by atoms with Crippen molar-refractivity contribution in [2.24, 2.45) is 11.7 Å². The predicted molar refractivity (Wildman–Crippen MR) is 107 cm³/mol. The molecule has 1 aliphatic rings. The van der Waals surface area contributed by atoms with Gasteiger partial charge in [0, 0.05) is 25.2 Å². The van der Waals surface area contributed by atoms with Crippen LogP contribution in [0.2, 0.25) is 0 Å². The molecule has 3 aromatic rings. The molecule has 1 aromatic carbocycles. The van der Waals surface area contributed by atoms with Crippen LogP contribution in [-0.4, -0.2) is 51.5 Å². The first-order valence-corrected chi connectivity index (χ1v) is 9.70. The van der Waals surface area contributed by atoms with E-state index in [0.29, 0.717) is 35.5 Å². The highest BCUT2D eigenvalue weighted by molar-refractivity contribution is 5.93. The monoisotopic (exact) mass is 451 g/mol. The Morgan fingerprint density at radius 3 is 2.56 bits per heavy atom. The van der Waals surface area contributed by atoms with Gasteiger partial charge in [-0.3, -0.25) is 0 Å². The maximum Gasteiger partial charge on any atom is 0.573 e. The number of fused-ring (bicyclic) bond motifs is 1. The molecule has 1 fully saturated rings. The number of benzene rings is 1. The number of halogens is 3. The molecule has 0 bridgehead atoms. The van der Waals surface area contributed by atoms with Crippen LogP contribution in [0.1, 0.15) is 12.6 Å². The van der Waals surface area contributed by atoms with E-state index in [1.807, 2.05) is 4.90 Å². The van der Waals surface area contributed by atoms with Crippen molar-refractivity contribution in [1.82, 2.24) is 14.8 Å². The van der Waals surface area contributed by atoms with Gasteiger partial charge in [0.1, 0.15) is 18.1 Å². The quantitative estimate of drug-likeness (QED) is 0.592. The molecule has 1 aliphatic heterocycles. The Kier molecular flexibility index (Phi) is 5.55. The molecule has 0 radical (unpaired) electrons. The molecule has 9 nitrogen and oxygen atoms in total. The van der Waals surface area contributed by atoms with Gasteiger partial charge >= 0.3 is 12.5 Å². The van der Waals surface area contributed by atoms with Crippen LogP contribution in [0.3, 0.4) is 0 Å². The first-order valence-electron chi connectivity index (χ1n) is 9.70. The van der Waals surface area contributed by atoms with Gasteiger partial charge in [0.2, 0.25) is 0 Å². The number of nitrogens with two attached hydrogens (primary N) is 1. The van der Waals surface area contributed by atoms with Gasteiger partial charge in [-0.25, -0.2) is 14.5 Å². The highest BCUT2D eigenvalue weighted by Crippen LogP contribution is 2.35. The van der Waals surface area contributed by atoms with Gasteiger partial charge in [-0.1, -0.05) is 0 Å². The number of amides is 1. The van der Waals surface area contributed by atoms with Crippen molar-refractivity contribution in [3.8, 4) is 11.4 Å². The highest BCUT2D eigenvalue weighted by Gasteiger charge is 2.33. The average Bonchev–Trinajstić information content (AvgIpc) is 3.04. The molecule has 1 unspecified atom stereocenters. The Balaban J connectivity index is 1.73. The van der Waals surface area contributed by atoms with Crippen molar-refractivity contribution in [3.05, 3.63) is 42.2 Å². The molecule has 3 heterocycles. The van der Waals surface area contributed by atoms with E-state index in [2.05, 4.69) is 14.8 Å². The summed E-state index contributed by atoms with van der Waals surface area (Å²) < 4.78 is 47.6. The lowest BCUT2D eigenvalue weighted by molar-refractivity contribution is -0.274. The van der Waals surface area contributed by atoms with E-state index in [0.717, 1.165) is 5.69 Å². The zero-order chi connectivity index (χ0) is 23.0. The number of primary amides is 1. The van der Waals surface area contributed by atoms with Crippen LogP contribution in [0.4, 0.5) is 23.7 Å². The van der Waals surface area contributed by atoms with Crippen molar-refractivity contribution in [2.45, 2.75) is 26.0 Å². The Labute approximate surface area is 180 Å². The van der Waals surface area contributed by atoms with E-state index in [9.17, 15) is 23.1 Å². The topological polar surface area (TPSA) is 116 Å². The molecular formula is C20H20F3N5O4. The largest absolute Gasteiger partial charge is 0.573 e. The van der Waals surface area contributed by atoms with Gasteiger partial charge < -0.3 is 25.2 Å². The van der Waals surface area contributed by atoms with Crippen LogP contribution in [0.15, 0.2) is 36.5 Å². The van der Waals surface area contributed by atoms with Gasteiger partial charge in [0.25, 0.3) is 0 Å². The molecule has 32 heavy (non-hydrogen) atoms. The van der Waals surface area contributed by atoms with Crippen LogP contribution in [0.5, 0.6) is 5.75 Å². The molecule has 3 N–H and O–H groups in total. The summed E-state index contributed by atoms with van der Waals surface area (Å²) in [6.07, 6.45) is -4.62. The van der Waals surface area contributed by atoms with Gasteiger partial charge in [-0.2, -0.15) is 5.10 Å². The lowest BCUT2D eigenvalue weighted by Gasteiger charge is -2.42. The fraction of sp³-hybridized carbons (Fsp3) is 0.350. The summed E-state index contributed by atoms with van der Waals surface area (Å²) in [5.74, 6) is -0.242. The predicted octanol–water partition coefficient (Wildman–Crippen LogP) is 2.73. The van der Waals surface area contributed by atoms with Crippen molar-refractivity contribution in [1.29, 1.82) is 0 Å². The smallest absolute Gasteiger partial charge is 0.443 e. The maximum absolute atomic E-state index is 12.4. The van der Waals surface area contributed by atoms with E-state index >= 15 is 0 Å². The second kappa shape index (κ2) is 8.19. The second-order valence-corrected chi connectivity index (χ2v) is 7.44. The van der Waals surface area contributed by atoms with Crippen molar-refractivity contribution < 1.29 is 32.5 Å². The minimum absolute atomic E-state index is 0.125. The maximum atomic E-state index is 12.4. The lowest BCUT2D eigenvalue weighted by Crippen LogP contribution is -2.51. The fourth-order valence-electron chi connectivity index (χ4n) is 3.58. The minimum atomic E-state index is -4.79. The van der Waals surface area contributed by atoms with E-state index in [1.165, 1.54) is 28.9 Å².